The van der Waals surface area contributed by atoms with Crippen LogP contribution in [0.3, 0.4) is 0 Å². The van der Waals surface area contributed by atoms with Crippen molar-refractivity contribution < 1.29 is 9.53 Å². The van der Waals surface area contributed by atoms with Crippen molar-refractivity contribution in [2.45, 2.75) is 13.0 Å². The first-order chi connectivity index (χ1) is 8.75. The minimum absolute atomic E-state index is 0.223. The monoisotopic (exact) mass is 312 g/mol. The van der Waals surface area contributed by atoms with Gasteiger partial charge in [0.2, 0.25) is 0 Å². The summed E-state index contributed by atoms with van der Waals surface area (Å²) in [5.74, 6) is 0. The predicted molar refractivity (Wildman–Crippen MR) is 73.4 cm³/mol. The van der Waals surface area contributed by atoms with Crippen LogP contribution in [0.4, 0.5) is 4.79 Å². The lowest BCUT2D eigenvalue weighted by atomic mass is 10.2. The van der Waals surface area contributed by atoms with Crippen LogP contribution in [0.2, 0.25) is 0 Å². The molecule has 1 saturated heterocycles. The molecule has 0 unspecified atom stereocenters. The van der Waals surface area contributed by atoms with E-state index in [2.05, 4.69) is 21.2 Å². The van der Waals surface area contributed by atoms with Crippen LogP contribution in [-0.4, -0.2) is 37.2 Å². The normalized spacial score (nSPS) is 16.2. The van der Waals surface area contributed by atoms with Gasteiger partial charge in [-0.15, -0.1) is 0 Å². The van der Waals surface area contributed by atoms with Crippen LogP contribution in [0.25, 0.3) is 0 Å². The molecule has 0 saturated carbocycles. The van der Waals surface area contributed by atoms with Gasteiger partial charge in [0.15, 0.2) is 0 Å². The van der Waals surface area contributed by atoms with E-state index in [9.17, 15) is 4.79 Å². The van der Waals surface area contributed by atoms with E-state index in [1.165, 1.54) is 0 Å². The molecule has 1 aliphatic heterocycles. The van der Waals surface area contributed by atoms with Gasteiger partial charge in [-0.3, -0.25) is 0 Å². The molecule has 1 heterocycles. The molecule has 1 fully saturated rings. The number of halogens is 1. The smallest absolute Gasteiger partial charge is 0.410 e. The van der Waals surface area contributed by atoms with E-state index in [1.807, 2.05) is 24.3 Å². The molecule has 0 radical (unpaired) electrons. The molecule has 1 amide bonds. The Morgan fingerprint density at radius 1 is 1.39 bits per heavy atom. The Kier molecular flexibility index (Phi) is 5.01. The maximum atomic E-state index is 11.9. The molecule has 1 N–H and O–H groups in total. The van der Waals surface area contributed by atoms with Gasteiger partial charge < -0.3 is 15.0 Å². The second kappa shape index (κ2) is 6.75. The van der Waals surface area contributed by atoms with Crippen LogP contribution >= 0.6 is 15.9 Å². The Labute approximate surface area is 115 Å². The summed E-state index contributed by atoms with van der Waals surface area (Å²) in [7, 11) is 0. The summed E-state index contributed by atoms with van der Waals surface area (Å²) >= 11 is 3.40. The fraction of sp³-hybridized carbons (Fsp3) is 0.462. The van der Waals surface area contributed by atoms with Gasteiger partial charge >= 0.3 is 6.09 Å². The Morgan fingerprint density at radius 3 is 3.11 bits per heavy atom. The minimum Gasteiger partial charge on any atom is -0.445 e. The molecular formula is C13H17BrN2O2. The van der Waals surface area contributed by atoms with Gasteiger partial charge in [0.05, 0.1) is 0 Å². The van der Waals surface area contributed by atoms with E-state index < -0.39 is 0 Å². The molecule has 4 nitrogen and oxygen atoms in total. The Morgan fingerprint density at radius 2 is 2.28 bits per heavy atom. The van der Waals surface area contributed by atoms with Gasteiger partial charge in [0.1, 0.15) is 6.61 Å². The molecule has 0 aromatic heterocycles. The number of carbonyl (C=O) groups excluding carboxylic acids is 1. The Bertz CT molecular complexity index is 404. The molecule has 18 heavy (non-hydrogen) atoms. The van der Waals surface area contributed by atoms with Gasteiger partial charge in [0.25, 0.3) is 0 Å². The van der Waals surface area contributed by atoms with Gasteiger partial charge in [-0.05, 0) is 30.7 Å². The third-order valence-corrected chi connectivity index (χ3v) is 3.34. The number of amides is 1. The van der Waals surface area contributed by atoms with Crippen molar-refractivity contribution in [2.24, 2.45) is 0 Å². The lowest BCUT2D eigenvalue weighted by molar-refractivity contribution is 0.0984. The van der Waals surface area contributed by atoms with Gasteiger partial charge in [0, 0.05) is 24.1 Å². The van der Waals surface area contributed by atoms with Crippen LogP contribution in [0.5, 0.6) is 0 Å². The zero-order valence-corrected chi connectivity index (χ0v) is 11.8. The molecule has 1 aromatic rings. The third kappa shape index (κ3) is 3.99. The molecule has 0 atom stereocenters. The molecule has 0 bridgehead atoms. The van der Waals surface area contributed by atoms with Crippen molar-refractivity contribution in [3.8, 4) is 0 Å². The largest absolute Gasteiger partial charge is 0.445 e. The number of benzene rings is 1. The Balaban J connectivity index is 1.83. The van der Waals surface area contributed by atoms with E-state index in [0.29, 0.717) is 6.61 Å². The van der Waals surface area contributed by atoms with E-state index >= 15 is 0 Å². The summed E-state index contributed by atoms with van der Waals surface area (Å²) in [6.45, 7) is 3.62. The molecule has 2 rings (SSSR count). The molecular weight excluding hydrogens is 296 g/mol. The first-order valence-corrected chi connectivity index (χ1v) is 6.92. The minimum atomic E-state index is -0.223. The average molecular weight is 313 g/mol. The van der Waals surface area contributed by atoms with Crippen molar-refractivity contribution in [1.29, 1.82) is 0 Å². The van der Waals surface area contributed by atoms with Crippen molar-refractivity contribution in [3.05, 3.63) is 34.3 Å². The van der Waals surface area contributed by atoms with E-state index in [0.717, 1.165) is 42.6 Å². The van der Waals surface area contributed by atoms with Crippen LogP contribution in [0, 0.1) is 0 Å². The van der Waals surface area contributed by atoms with Crippen LogP contribution in [0.1, 0.15) is 12.0 Å². The van der Waals surface area contributed by atoms with Crippen LogP contribution < -0.4 is 5.32 Å². The molecule has 1 aliphatic rings. The highest BCUT2D eigenvalue weighted by molar-refractivity contribution is 9.10. The molecule has 1 aromatic carbocycles. The first-order valence-electron chi connectivity index (χ1n) is 6.12. The topological polar surface area (TPSA) is 41.6 Å². The number of carbonyl (C=O) groups is 1. The number of rotatable bonds is 2. The summed E-state index contributed by atoms with van der Waals surface area (Å²) in [5, 5.41) is 3.26. The highest BCUT2D eigenvalue weighted by atomic mass is 79.9. The first kappa shape index (κ1) is 13.4. The fourth-order valence-corrected chi connectivity index (χ4v) is 2.34. The number of nitrogens with zero attached hydrogens (tertiary/aromatic N) is 1. The highest BCUT2D eigenvalue weighted by Gasteiger charge is 2.16. The summed E-state index contributed by atoms with van der Waals surface area (Å²) in [5.41, 5.74) is 0.991. The lowest BCUT2D eigenvalue weighted by Crippen LogP contribution is -2.34. The van der Waals surface area contributed by atoms with E-state index in [-0.39, 0.29) is 6.09 Å². The predicted octanol–water partition coefficient (Wildman–Crippen LogP) is 2.38. The summed E-state index contributed by atoms with van der Waals surface area (Å²) in [4.78, 5) is 13.6. The summed E-state index contributed by atoms with van der Waals surface area (Å²) < 4.78 is 6.31. The number of hydrogen-bond acceptors (Lipinski definition) is 3. The Hall–Kier alpha value is -1.07. The van der Waals surface area contributed by atoms with E-state index in [1.54, 1.807) is 4.90 Å². The molecule has 0 spiro atoms. The van der Waals surface area contributed by atoms with Crippen molar-refractivity contribution >= 4 is 22.0 Å². The maximum absolute atomic E-state index is 11.9. The van der Waals surface area contributed by atoms with Gasteiger partial charge in [-0.1, -0.05) is 28.1 Å². The molecule has 0 aliphatic carbocycles. The zero-order valence-electron chi connectivity index (χ0n) is 10.2. The van der Waals surface area contributed by atoms with Gasteiger partial charge in [-0.25, -0.2) is 4.79 Å². The van der Waals surface area contributed by atoms with Crippen LogP contribution in [0.15, 0.2) is 28.7 Å². The van der Waals surface area contributed by atoms with Crippen LogP contribution in [-0.2, 0) is 11.3 Å². The second-order valence-corrected chi connectivity index (χ2v) is 5.19. The summed E-state index contributed by atoms with van der Waals surface area (Å²) in [6, 6.07) is 7.79. The van der Waals surface area contributed by atoms with Crippen molar-refractivity contribution in [1.82, 2.24) is 10.2 Å². The lowest BCUT2D eigenvalue weighted by Gasteiger charge is -2.19. The van der Waals surface area contributed by atoms with E-state index in [4.69, 9.17) is 4.74 Å². The highest BCUT2D eigenvalue weighted by Crippen LogP contribution is 2.13. The second-order valence-electron chi connectivity index (χ2n) is 4.28. The maximum Gasteiger partial charge on any atom is 0.410 e. The van der Waals surface area contributed by atoms with Gasteiger partial charge in [-0.2, -0.15) is 0 Å². The number of hydrogen-bond donors (Lipinski definition) is 1. The average Bonchev–Trinajstić information content (AvgIpc) is 2.65. The number of nitrogens with one attached hydrogen (secondary N) is 1. The number of ether oxygens (including phenoxy) is 1. The molecule has 5 heteroatoms. The zero-order chi connectivity index (χ0) is 12.8. The quantitative estimate of drug-likeness (QED) is 0.911. The molecule has 98 valence electrons. The SMILES string of the molecule is O=C(OCc1cccc(Br)c1)N1CCCNCC1. The standard InChI is InChI=1S/C13H17BrN2O2/c14-12-4-1-3-11(9-12)10-18-13(17)16-7-2-5-15-6-8-16/h1,3-4,9,15H,2,5-8,10H2. The van der Waals surface area contributed by atoms with Crippen molar-refractivity contribution in [2.75, 3.05) is 26.2 Å². The fourth-order valence-electron chi connectivity index (χ4n) is 1.89. The summed E-state index contributed by atoms with van der Waals surface area (Å²) in [6.07, 6.45) is 0.755. The third-order valence-electron chi connectivity index (χ3n) is 2.85. The van der Waals surface area contributed by atoms with Crippen molar-refractivity contribution in [3.63, 3.8) is 0 Å².